The number of rotatable bonds is 5. The minimum atomic E-state index is 0.0103. The van der Waals surface area contributed by atoms with Crippen molar-refractivity contribution >= 4 is 28.4 Å². The highest BCUT2D eigenvalue weighted by Gasteiger charge is 2.25. The molecule has 1 atom stereocenters. The molecule has 29 heavy (non-hydrogen) atoms. The van der Waals surface area contributed by atoms with Gasteiger partial charge in [-0.1, -0.05) is 5.21 Å². The van der Waals surface area contributed by atoms with Gasteiger partial charge in [-0.05, 0) is 37.1 Å². The lowest BCUT2D eigenvalue weighted by molar-refractivity contribution is -0.133. The first-order valence-corrected chi connectivity index (χ1v) is 9.99. The molecule has 0 aliphatic carbocycles. The number of aromatic nitrogens is 4. The van der Waals surface area contributed by atoms with E-state index in [0.29, 0.717) is 13.0 Å². The molecule has 0 spiro atoms. The SMILES string of the molecule is CC(=O)N(C)c1ccc2c(ccn2C2CCCN(C(=O)CCn3ccnn3)C2)c1. The van der Waals surface area contributed by atoms with E-state index < -0.39 is 0 Å². The Kier molecular flexibility index (Phi) is 5.33. The first-order valence-electron chi connectivity index (χ1n) is 9.99. The number of carbonyl (C=O) groups is 2. The monoisotopic (exact) mass is 394 g/mol. The first kappa shape index (κ1) is 19.2. The molecule has 1 fully saturated rings. The van der Waals surface area contributed by atoms with Crippen LogP contribution in [-0.4, -0.2) is 56.4 Å². The van der Waals surface area contributed by atoms with Crippen molar-refractivity contribution in [3.8, 4) is 0 Å². The van der Waals surface area contributed by atoms with E-state index in [1.54, 1.807) is 35.9 Å². The van der Waals surface area contributed by atoms with Gasteiger partial charge in [0.05, 0.1) is 18.8 Å². The third-order valence-electron chi connectivity index (χ3n) is 5.73. The maximum absolute atomic E-state index is 12.7. The minimum Gasteiger partial charge on any atom is -0.343 e. The highest BCUT2D eigenvalue weighted by atomic mass is 16.2. The average Bonchev–Trinajstić information content (AvgIpc) is 3.40. The Morgan fingerprint density at radius 2 is 2.10 bits per heavy atom. The third-order valence-corrected chi connectivity index (χ3v) is 5.73. The molecule has 0 saturated carbocycles. The molecule has 4 rings (SSSR count). The number of hydrogen-bond acceptors (Lipinski definition) is 4. The van der Waals surface area contributed by atoms with Gasteiger partial charge in [-0.25, -0.2) is 0 Å². The number of aryl methyl sites for hydroxylation is 1. The maximum Gasteiger partial charge on any atom is 0.224 e. The number of hydrogen-bond donors (Lipinski definition) is 0. The highest BCUT2D eigenvalue weighted by molar-refractivity contribution is 5.94. The van der Waals surface area contributed by atoms with Gasteiger partial charge in [0.1, 0.15) is 0 Å². The van der Waals surface area contributed by atoms with Gasteiger partial charge in [-0.3, -0.25) is 14.3 Å². The van der Waals surface area contributed by atoms with E-state index in [1.807, 2.05) is 17.0 Å². The molecule has 1 saturated heterocycles. The quantitative estimate of drug-likeness (QED) is 0.666. The Bertz CT molecular complexity index is 1010. The fourth-order valence-electron chi connectivity index (χ4n) is 3.99. The van der Waals surface area contributed by atoms with E-state index in [-0.39, 0.29) is 17.9 Å². The van der Waals surface area contributed by atoms with Crippen molar-refractivity contribution in [1.29, 1.82) is 0 Å². The van der Waals surface area contributed by atoms with Gasteiger partial charge in [0.25, 0.3) is 0 Å². The number of likely N-dealkylation sites (tertiary alicyclic amines) is 1. The summed E-state index contributed by atoms with van der Waals surface area (Å²) in [6.45, 7) is 3.64. The second kappa shape index (κ2) is 8.06. The summed E-state index contributed by atoms with van der Waals surface area (Å²) in [5.74, 6) is 0.170. The van der Waals surface area contributed by atoms with Gasteiger partial charge in [0.2, 0.25) is 11.8 Å². The summed E-state index contributed by atoms with van der Waals surface area (Å²) in [5, 5.41) is 8.80. The number of anilines is 1. The lowest BCUT2D eigenvalue weighted by Gasteiger charge is -2.34. The van der Waals surface area contributed by atoms with E-state index in [0.717, 1.165) is 42.5 Å². The van der Waals surface area contributed by atoms with Crippen LogP contribution in [0.15, 0.2) is 42.9 Å². The van der Waals surface area contributed by atoms with Crippen LogP contribution < -0.4 is 4.90 Å². The van der Waals surface area contributed by atoms with E-state index in [1.165, 1.54) is 0 Å². The summed E-state index contributed by atoms with van der Waals surface area (Å²) in [7, 11) is 1.78. The van der Waals surface area contributed by atoms with Crippen LogP contribution in [0.3, 0.4) is 0 Å². The third kappa shape index (κ3) is 4.01. The average molecular weight is 394 g/mol. The second-order valence-corrected chi connectivity index (χ2v) is 7.60. The Morgan fingerprint density at radius 3 is 2.86 bits per heavy atom. The molecule has 0 N–H and O–H groups in total. The second-order valence-electron chi connectivity index (χ2n) is 7.60. The largest absolute Gasteiger partial charge is 0.343 e. The summed E-state index contributed by atoms with van der Waals surface area (Å²) in [5.41, 5.74) is 2.02. The topological polar surface area (TPSA) is 76.3 Å². The molecule has 8 heteroatoms. The van der Waals surface area contributed by atoms with E-state index in [2.05, 4.69) is 33.2 Å². The summed E-state index contributed by atoms with van der Waals surface area (Å²) < 4.78 is 3.96. The predicted molar refractivity (Wildman–Crippen MR) is 111 cm³/mol. The van der Waals surface area contributed by atoms with Crippen molar-refractivity contribution in [1.82, 2.24) is 24.5 Å². The van der Waals surface area contributed by atoms with Gasteiger partial charge in [0.15, 0.2) is 0 Å². The van der Waals surface area contributed by atoms with Gasteiger partial charge >= 0.3 is 0 Å². The Hall–Kier alpha value is -3.16. The van der Waals surface area contributed by atoms with Crippen LogP contribution in [0.25, 0.3) is 10.9 Å². The van der Waals surface area contributed by atoms with Gasteiger partial charge in [-0.2, -0.15) is 0 Å². The maximum atomic E-state index is 12.7. The molecule has 2 amide bonds. The van der Waals surface area contributed by atoms with Crippen LogP contribution in [0.2, 0.25) is 0 Å². The van der Waals surface area contributed by atoms with Crippen molar-refractivity contribution in [2.24, 2.45) is 0 Å². The first-order chi connectivity index (χ1) is 14.0. The molecule has 1 aliphatic rings. The lowest BCUT2D eigenvalue weighted by atomic mass is 10.0. The zero-order valence-electron chi connectivity index (χ0n) is 16.9. The number of amides is 2. The number of nitrogens with zero attached hydrogens (tertiary/aromatic N) is 6. The van der Waals surface area contributed by atoms with Gasteiger partial charge in [0, 0.05) is 62.5 Å². The number of piperidine rings is 1. The molecule has 0 bridgehead atoms. The van der Waals surface area contributed by atoms with Crippen LogP contribution >= 0.6 is 0 Å². The van der Waals surface area contributed by atoms with Crippen molar-refractivity contribution in [3.63, 3.8) is 0 Å². The molecule has 3 aromatic rings. The van der Waals surface area contributed by atoms with Crippen molar-refractivity contribution in [2.75, 3.05) is 25.0 Å². The molecule has 1 unspecified atom stereocenters. The molecule has 0 radical (unpaired) electrons. The molecule has 1 aromatic carbocycles. The Balaban J connectivity index is 1.47. The molecular formula is C21H26N6O2. The fraction of sp³-hybridized carbons (Fsp3) is 0.429. The smallest absolute Gasteiger partial charge is 0.224 e. The van der Waals surface area contributed by atoms with Crippen LogP contribution in [0, 0.1) is 0 Å². The molecule has 3 heterocycles. The molecule has 152 valence electrons. The summed E-state index contributed by atoms with van der Waals surface area (Å²) in [4.78, 5) is 27.9. The predicted octanol–water partition coefficient (Wildman–Crippen LogP) is 2.47. The summed E-state index contributed by atoms with van der Waals surface area (Å²) in [6.07, 6.45) is 7.96. The Labute approximate surface area is 169 Å². The van der Waals surface area contributed by atoms with Crippen LogP contribution in [0.5, 0.6) is 0 Å². The minimum absolute atomic E-state index is 0.0103. The fourth-order valence-corrected chi connectivity index (χ4v) is 3.99. The lowest BCUT2D eigenvalue weighted by Crippen LogP contribution is -2.40. The van der Waals surface area contributed by atoms with Gasteiger partial charge in [-0.15, -0.1) is 5.10 Å². The van der Waals surface area contributed by atoms with E-state index >= 15 is 0 Å². The van der Waals surface area contributed by atoms with Gasteiger partial charge < -0.3 is 14.4 Å². The van der Waals surface area contributed by atoms with Crippen LogP contribution in [0.1, 0.15) is 32.2 Å². The summed E-state index contributed by atoms with van der Waals surface area (Å²) in [6, 6.07) is 8.42. The van der Waals surface area contributed by atoms with Crippen molar-refractivity contribution in [2.45, 2.75) is 38.8 Å². The standard InChI is InChI=1S/C21H26N6O2/c1-16(28)24(2)18-5-6-20-17(14-18)7-12-27(20)19-4-3-10-25(15-19)21(29)8-11-26-13-9-22-23-26/h5-7,9,12-14,19H,3-4,8,10-11,15H2,1-2H3. The van der Waals surface area contributed by atoms with Crippen LogP contribution in [0.4, 0.5) is 5.69 Å². The van der Waals surface area contributed by atoms with Crippen LogP contribution in [-0.2, 0) is 16.1 Å². The summed E-state index contributed by atoms with van der Waals surface area (Å²) >= 11 is 0. The molecule has 2 aromatic heterocycles. The zero-order valence-corrected chi connectivity index (χ0v) is 16.9. The number of carbonyl (C=O) groups excluding carboxylic acids is 2. The Morgan fingerprint density at radius 1 is 1.24 bits per heavy atom. The molecular weight excluding hydrogens is 368 g/mol. The number of benzene rings is 1. The molecule has 8 nitrogen and oxygen atoms in total. The highest BCUT2D eigenvalue weighted by Crippen LogP contribution is 2.29. The van der Waals surface area contributed by atoms with E-state index in [9.17, 15) is 9.59 Å². The van der Waals surface area contributed by atoms with Crippen molar-refractivity contribution < 1.29 is 9.59 Å². The van der Waals surface area contributed by atoms with Crippen molar-refractivity contribution in [3.05, 3.63) is 42.9 Å². The zero-order chi connectivity index (χ0) is 20.4. The molecule has 1 aliphatic heterocycles. The normalized spacial score (nSPS) is 16.9. The number of fused-ring (bicyclic) bond motifs is 1. The van der Waals surface area contributed by atoms with E-state index in [4.69, 9.17) is 0 Å².